The molecule has 2 aliphatic heterocycles. The van der Waals surface area contributed by atoms with E-state index < -0.39 is 5.82 Å². The van der Waals surface area contributed by atoms with Crippen molar-refractivity contribution in [1.29, 1.82) is 0 Å². The molecule has 1 fully saturated rings. The van der Waals surface area contributed by atoms with E-state index in [0.29, 0.717) is 41.4 Å². The van der Waals surface area contributed by atoms with Gasteiger partial charge in [0, 0.05) is 24.7 Å². The molecule has 0 N–H and O–H groups in total. The van der Waals surface area contributed by atoms with E-state index in [1.165, 1.54) is 17.0 Å². The van der Waals surface area contributed by atoms with Crippen LogP contribution in [0.1, 0.15) is 25.0 Å². The molecule has 0 radical (unpaired) electrons. The molecule has 0 bridgehead atoms. The van der Waals surface area contributed by atoms with Crippen molar-refractivity contribution >= 4 is 29.0 Å². The third-order valence-corrected chi connectivity index (χ3v) is 5.80. The fourth-order valence-corrected chi connectivity index (χ4v) is 4.31. The molecule has 4 rings (SSSR count). The third kappa shape index (κ3) is 4.50. The van der Waals surface area contributed by atoms with E-state index in [1.807, 2.05) is 30.9 Å². The molecule has 0 aromatic heterocycles. The summed E-state index contributed by atoms with van der Waals surface area (Å²) in [5.41, 5.74) is 2.21. The van der Waals surface area contributed by atoms with Gasteiger partial charge in [-0.15, -0.1) is 0 Å². The SMILES string of the molecule is CC1CN(C2=C(c3ccc(F)cc3)C(=O)N(CCc3ccc(Cl)cc3)C2=O)CC(C)O1. The summed E-state index contributed by atoms with van der Waals surface area (Å²) in [7, 11) is 0. The molecule has 0 spiro atoms. The molecule has 2 heterocycles. The first-order valence-electron chi connectivity index (χ1n) is 10.3. The Morgan fingerprint density at radius 2 is 1.58 bits per heavy atom. The number of nitrogens with zero attached hydrogens (tertiary/aromatic N) is 2. The van der Waals surface area contributed by atoms with Crippen molar-refractivity contribution < 1.29 is 18.7 Å². The van der Waals surface area contributed by atoms with Crippen LogP contribution in [0.4, 0.5) is 4.39 Å². The van der Waals surface area contributed by atoms with E-state index in [4.69, 9.17) is 16.3 Å². The van der Waals surface area contributed by atoms with Crippen molar-refractivity contribution in [3.05, 3.63) is 76.2 Å². The zero-order valence-electron chi connectivity index (χ0n) is 17.5. The largest absolute Gasteiger partial charge is 0.372 e. The van der Waals surface area contributed by atoms with Gasteiger partial charge >= 0.3 is 0 Å². The first kappa shape index (κ1) is 21.5. The van der Waals surface area contributed by atoms with Gasteiger partial charge < -0.3 is 9.64 Å². The van der Waals surface area contributed by atoms with Gasteiger partial charge in [-0.25, -0.2) is 4.39 Å². The minimum absolute atomic E-state index is 0.0725. The van der Waals surface area contributed by atoms with E-state index >= 15 is 0 Å². The van der Waals surface area contributed by atoms with Crippen LogP contribution in [0.5, 0.6) is 0 Å². The zero-order chi connectivity index (χ0) is 22.1. The van der Waals surface area contributed by atoms with E-state index in [9.17, 15) is 14.0 Å². The van der Waals surface area contributed by atoms with Gasteiger partial charge in [-0.1, -0.05) is 35.9 Å². The Labute approximate surface area is 186 Å². The number of amides is 2. The number of imide groups is 1. The molecule has 5 nitrogen and oxygen atoms in total. The minimum Gasteiger partial charge on any atom is -0.372 e. The number of carbonyl (C=O) groups excluding carboxylic acids is 2. The fraction of sp³-hybridized carbons (Fsp3) is 0.333. The Balaban J connectivity index is 1.66. The molecule has 7 heteroatoms. The molecule has 2 unspecified atom stereocenters. The molecular formula is C24H24ClFN2O3. The highest BCUT2D eigenvalue weighted by atomic mass is 35.5. The van der Waals surface area contributed by atoms with Gasteiger partial charge in [0.1, 0.15) is 11.5 Å². The monoisotopic (exact) mass is 442 g/mol. The summed E-state index contributed by atoms with van der Waals surface area (Å²) in [5, 5.41) is 0.634. The Morgan fingerprint density at radius 3 is 2.19 bits per heavy atom. The minimum atomic E-state index is -0.393. The number of carbonyl (C=O) groups is 2. The van der Waals surface area contributed by atoms with Crippen LogP contribution in [-0.2, 0) is 20.7 Å². The molecule has 2 amide bonds. The molecule has 0 aliphatic carbocycles. The van der Waals surface area contributed by atoms with Gasteiger partial charge in [0.15, 0.2) is 0 Å². The van der Waals surface area contributed by atoms with Crippen molar-refractivity contribution in [2.75, 3.05) is 19.6 Å². The maximum atomic E-state index is 13.5. The predicted octanol–water partition coefficient (Wildman–Crippen LogP) is 3.91. The van der Waals surface area contributed by atoms with Crippen molar-refractivity contribution in [3.63, 3.8) is 0 Å². The van der Waals surface area contributed by atoms with Gasteiger partial charge in [-0.2, -0.15) is 0 Å². The van der Waals surface area contributed by atoms with E-state index in [0.717, 1.165) is 5.56 Å². The fourth-order valence-electron chi connectivity index (χ4n) is 4.19. The van der Waals surface area contributed by atoms with E-state index in [-0.39, 0.29) is 30.6 Å². The van der Waals surface area contributed by atoms with Gasteiger partial charge in [-0.05, 0) is 55.7 Å². The number of morpholine rings is 1. The Kier molecular flexibility index (Phi) is 6.12. The highest BCUT2D eigenvalue weighted by Crippen LogP contribution is 2.33. The van der Waals surface area contributed by atoms with Crippen LogP contribution >= 0.6 is 11.6 Å². The average Bonchev–Trinajstić information content (AvgIpc) is 2.97. The predicted molar refractivity (Wildman–Crippen MR) is 117 cm³/mol. The number of benzene rings is 2. The van der Waals surface area contributed by atoms with E-state index in [2.05, 4.69) is 0 Å². The van der Waals surface area contributed by atoms with Crippen molar-refractivity contribution in [3.8, 4) is 0 Å². The lowest BCUT2D eigenvalue weighted by atomic mass is 10.0. The van der Waals surface area contributed by atoms with Crippen LogP contribution in [0.3, 0.4) is 0 Å². The summed E-state index contributed by atoms with van der Waals surface area (Å²) in [4.78, 5) is 30.0. The maximum absolute atomic E-state index is 13.5. The van der Waals surface area contributed by atoms with Crippen LogP contribution in [0.2, 0.25) is 5.02 Å². The summed E-state index contributed by atoms with van der Waals surface area (Å²) < 4.78 is 19.3. The highest BCUT2D eigenvalue weighted by Gasteiger charge is 2.42. The summed E-state index contributed by atoms with van der Waals surface area (Å²) >= 11 is 5.94. The van der Waals surface area contributed by atoms with Crippen LogP contribution < -0.4 is 0 Å². The van der Waals surface area contributed by atoms with Crippen LogP contribution in [0.25, 0.3) is 5.57 Å². The zero-order valence-corrected chi connectivity index (χ0v) is 18.2. The Bertz CT molecular complexity index is 1010. The quantitative estimate of drug-likeness (QED) is 0.659. The smallest absolute Gasteiger partial charge is 0.277 e. The van der Waals surface area contributed by atoms with Crippen LogP contribution in [0, 0.1) is 5.82 Å². The number of ether oxygens (including phenoxy) is 1. The van der Waals surface area contributed by atoms with Gasteiger partial charge in [0.05, 0.1) is 17.8 Å². The van der Waals surface area contributed by atoms with Crippen LogP contribution in [-0.4, -0.2) is 53.5 Å². The van der Waals surface area contributed by atoms with Crippen molar-refractivity contribution in [1.82, 2.24) is 9.80 Å². The van der Waals surface area contributed by atoms with Gasteiger partial charge in [0.2, 0.25) is 0 Å². The summed E-state index contributed by atoms with van der Waals surface area (Å²) in [6, 6.07) is 13.0. The van der Waals surface area contributed by atoms with Crippen molar-refractivity contribution in [2.24, 2.45) is 0 Å². The summed E-state index contributed by atoms with van der Waals surface area (Å²) in [6.45, 7) is 5.16. The molecule has 0 saturated carbocycles. The lowest BCUT2D eigenvalue weighted by Crippen LogP contribution is -2.47. The molecule has 31 heavy (non-hydrogen) atoms. The standard InChI is InChI=1S/C24H24ClFN2O3/c1-15-13-27(14-16(2)31-15)22-21(18-5-9-20(26)10-6-18)23(29)28(24(22)30)12-11-17-3-7-19(25)8-4-17/h3-10,15-16H,11-14H2,1-2H3. The molecule has 2 aromatic carbocycles. The third-order valence-electron chi connectivity index (χ3n) is 5.55. The maximum Gasteiger partial charge on any atom is 0.277 e. The second-order valence-corrected chi connectivity index (χ2v) is 8.47. The van der Waals surface area contributed by atoms with Gasteiger partial charge in [0.25, 0.3) is 11.8 Å². The number of hydrogen-bond donors (Lipinski definition) is 0. The first-order chi connectivity index (χ1) is 14.8. The second-order valence-electron chi connectivity index (χ2n) is 8.03. The molecule has 162 valence electrons. The molecular weight excluding hydrogens is 419 g/mol. The normalized spacial score (nSPS) is 21.9. The van der Waals surface area contributed by atoms with Crippen molar-refractivity contribution in [2.45, 2.75) is 32.5 Å². The Morgan fingerprint density at radius 1 is 0.968 bits per heavy atom. The van der Waals surface area contributed by atoms with Crippen LogP contribution in [0.15, 0.2) is 54.2 Å². The molecule has 1 saturated heterocycles. The molecule has 2 aliphatic rings. The number of rotatable bonds is 5. The first-order valence-corrected chi connectivity index (χ1v) is 10.7. The molecule has 2 aromatic rings. The second kappa shape index (κ2) is 8.81. The Hall–Kier alpha value is -2.70. The average molecular weight is 443 g/mol. The summed E-state index contributed by atoms with van der Waals surface area (Å²) in [6.07, 6.45) is 0.377. The van der Waals surface area contributed by atoms with Gasteiger partial charge in [-0.3, -0.25) is 14.5 Å². The summed E-state index contributed by atoms with van der Waals surface area (Å²) in [5.74, 6) is -1.07. The van der Waals surface area contributed by atoms with E-state index in [1.54, 1.807) is 24.3 Å². The lowest BCUT2D eigenvalue weighted by molar-refractivity contribution is -0.138. The number of halogens is 2. The highest BCUT2D eigenvalue weighted by molar-refractivity contribution is 6.35. The lowest BCUT2D eigenvalue weighted by Gasteiger charge is -2.37. The topological polar surface area (TPSA) is 49.9 Å². The number of hydrogen-bond acceptors (Lipinski definition) is 4. The molecule has 2 atom stereocenters.